The van der Waals surface area contributed by atoms with Gasteiger partial charge in [0, 0.05) is 11.1 Å². The molecule has 0 spiro atoms. The highest BCUT2D eigenvalue weighted by atomic mass is 16.5. The Hall–Kier alpha value is -4.20. The lowest BCUT2D eigenvalue weighted by Gasteiger charge is -2.26. The highest BCUT2D eigenvalue weighted by Gasteiger charge is 2.23. The normalized spacial score (nSPS) is 13.3. The molecule has 168 valence electrons. The Bertz CT molecular complexity index is 1490. The van der Waals surface area contributed by atoms with Crippen molar-refractivity contribution in [2.75, 3.05) is 0 Å². The van der Waals surface area contributed by atoms with Crippen LogP contribution in [-0.4, -0.2) is 0 Å². The van der Waals surface area contributed by atoms with Crippen LogP contribution in [0.25, 0.3) is 43.1 Å². The van der Waals surface area contributed by atoms with Crippen LogP contribution in [0.5, 0.6) is 0 Å². The van der Waals surface area contributed by atoms with Gasteiger partial charge in [-0.25, -0.2) is 0 Å². The van der Waals surface area contributed by atoms with E-state index in [-0.39, 0.29) is 12.2 Å². The van der Waals surface area contributed by atoms with Gasteiger partial charge in [-0.1, -0.05) is 109 Å². The fourth-order valence-electron chi connectivity index (χ4n) is 5.35. The Labute approximate surface area is 205 Å². The molecule has 0 aliphatic rings. The van der Waals surface area contributed by atoms with Gasteiger partial charge in [0.25, 0.3) is 0 Å². The van der Waals surface area contributed by atoms with Crippen LogP contribution in [0.3, 0.4) is 0 Å². The molecule has 0 bridgehead atoms. The van der Waals surface area contributed by atoms with Gasteiger partial charge >= 0.3 is 0 Å². The van der Waals surface area contributed by atoms with Gasteiger partial charge in [0.2, 0.25) is 0 Å². The average Bonchev–Trinajstić information content (AvgIpc) is 2.92. The molecule has 0 fully saturated rings. The monoisotopic (exact) mass is 450 g/mol. The summed E-state index contributed by atoms with van der Waals surface area (Å²) in [5.74, 6) is 0. The molecule has 0 amide bonds. The summed E-state index contributed by atoms with van der Waals surface area (Å²) in [5.41, 5.74) is 2.29. The Morgan fingerprint density at radius 1 is 0.457 bits per heavy atom. The first-order valence-electron chi connectivity index (χ1n) is 12.0. The molecular weight excluding hydrogens is 424 g/mol. The molecule has 2 unspecified atom stereocenters. The summed E-state index contributed by atoms with van der Waals surface area (Å²) in [5, 5.41) is 9.52. The van der Waals surface area contributed by atoms with Crippen LogP contribution in [0.4, 0.5) is 0 Å². The molecule has 1 heteroatoms. The predicted molar refractivity (Wildman–Crippen MR) is 150 cm³/mol. The molecule has 0 saturated heterocycles. The molecular formula is C34H26O. The predicted octanol–water partition coefficient (Wildman–Crippen LogP) is 9.47. The lowest BCUT2D eigenvalue weighted by atomic mass is 9.91. The first kappa shape index (κ1) is 21.3. The van der Waals surface area contributed by atoms with E-state index in [1.54, 1.807) is 0 Å². The maximum Gasteiger partial charge on any atom is 0.103 e. The van der Waals surface area contributed by atoms with Gasteiger partial charge in [-0.15, -0.1) is 13.2 Å². The maximum atomic E-state index is 6.92. The van der Waals surface area contributed by atoms with Gasteiger partial charge in [0.1, 0.15) is 12.2 Å². The molecule has 0 radical (unpaired) electrons. The topological polar surface area (TPSA) is 9.23 Å². The molecule has 6 rings (SSSR count). The number of hydrogen-bond acceptors (Lipinski definition) is 1. The van der Waals surface area contributed by atoms with Crippen LogP contribution in [-0.2, 0) is 4.74 Å². The van der Waals surface area contributed by atoms with Gasteiger partial charge in [-0.3, -0.25) is 0 Å². The van der Waals surface area contributed by atoms with E-state index in [4.69, 9.17) is 4.74 Å². The third kappa shape index (κ3) is 3.62. The zero-order valence-electron chi connectivity index (χ0n) is 19.5. The van der Waals surface area contributed by atoms with Crippen LogP contribution in [0, 0.1) is 0 Å². The Morgan fingerprint density at radius 2 is 0.743 bits per heavy atom. The van der Waals surface area contributed by atoms with Crippen molar-refractivity contribution >= 4 is 43.1 Å². The first-order valence-corrected chi connectivity index (χ1v) is 12.0. The first-order chi connectivity index (χ1) is 17.3. The maximum absolute atomic E-state index is 6.92. The van der Waals surface area contributed by atoms with E-state index in [2.05, 4.69) is 122 Å². The molecule has 35 heavy (non-hydrogen) atoms. The quantitative estimate of drug-likeness (QED) is 0.181. The number of rotatable bonds is 6. The summed E-state index contributed by atoms with van der Waals surface area (Å²) >= 11 is 0. The van der Waals surface area contributed by atoms with E-state index in [9.17, 15) is 0 Å². The van der Waals surface area contributed by atoms with E-state index in [1.165, 1.54) is 43.1 Å². The number of hydrogen-bond donors (Lipinski definition) is 0. The summed E-state index contributed by atoms with van der Waals surface area (Å²) in [6, 6.07) is 38.5. The molecule has 0 heterocycles. The van der Waals surface area contributed by atoms with Crippen LogP contribution in [0.15, 0.2) is 135 Å². The van der Waals surface area contributed by atoms with E-state index >= 15 is 0 Å². The van der Waals surface area contributed by atoms with Gasteiger partial charge < -0.3 is 4.74 Å². The van der Waals surface area contributed by atoms with Crippen LogP contribution in [0.2, 0.25) is 0 Å². The van der Waals surface area contributed by atoms with E-state index < -0.39 is 0 Å². The highest BCUT2D eigenvalue weighted by Crippen LogP contribution is 2.41. The molecule has 6 aromatic rings. The van der Waals surface area contributed by atoms with Gasteiger partial charge in [0.05, 0.1) is 0 Å². The summed E-state index contributed by atoms with van der Waals surface area (Å²) in [6.45, 7) is 8.39. The third-order valence-electron chi connectivity index (χ3n) is 6.92. The second kappa shape index (κ2) is 8.87. The highest BCUT2D eigenvalue weighted by molar-refractivity contribution is 6.04. The molecule has 0 aliphatic carbocycles. The number of ether oxygens (including phenoxy) is 1. The van der Waals surface area contributed by atoms with Gasteiger partial charge in [-0.2, -0.15) is 0 Å². The van der Waals surface area contributed by atoms with E-state index in [0.29, 0.717) is 0 Å². The fourth-order valence-corrected chi connectivity index (χ4v) is 5.35. The minimum atomic E-state index is -0.313. The summed E-state index contributed by atoms with van der Waals surface area (Å²) in [7, 11) is 0. The van der Waals surface area contributed by atoms with Gasteiger partial charge in [0.15, 0.2) is 0 Å². The van der Waals surface area contributed by atoms with Crippen molar-refractivity contribution in [1.29, 1.82) is 0 Å². The van der Waals surface area contributed by atoms with E-state index in [1.807, 2.05) is 12.2 Å². The van der Waals surface area contributed by atoms with E-state index in [0.717, 1.165) is 11.1 Å². The molecule has 0 saturated carbocycles. The zero-order valence-corrected chi connectivity index (χ0v) is 19.5. The minimum Gasteiger partial charge on any atom is -0.357 e. The SMILES string of the molecule is C=CC(OC(C=C)c1c2ccccc2cc2ccccc12)c1c2ccccc2cc2ccccc12. The molecule has 2 atom stereocenters. The van der Waals surface area contributed by atoms with Crippen molar-refractivity contribution in [3.63, 3.8) is 0 Å². The molecule has 0 aromatic heterocycles. The molecule has 0 N–H and O–H groups in total. The lowest BCUT2D eigenvalue weighted by molar-refractivity contribution is 0.0435. The average molecular weight is 451 g/mol. The third-order valence-corrected chi connectivity index (χ3v) is 6.92. The van der Waals surface area contributed by atoms with Crippen molar-refractivity contribution in [2.45, 2.75) is 12.2 Å². The molecule has 0 aliphatic heterocycles. The lowest BCUT2D eigenvalue weighted by Crippen LogP contribution is -2.09. The van der Waals surface area contributed by atoms with Gasteiger partial charge in [-0.05, 0) is 55.2 Å². The molecule has 1 nitrogen and oxygen atoms in total. The van der Waals surface area contributed by atoms with Crippen molar-refractivity contribution in [3.8, 4) is 0 Å². The zero-order chi connectivity index (χ0) is 23.8. The van der Waals surface area contributed by atoms with Crippen LogP contribution >= 0.6 is 0 Å². The summed E-state index contributed by atoms with van der Waals surface area (Å²) in [4.78, 5) is 0. The molecule has 6 aromatic carbocycles. The Kier molecular flexibility index (Phi) is 5.41. The van der Waals surface area contributed by atoms with Crippen molar-refractivity contribution < 1.29 is 4.74 Å². The number of fused-ring (bicyclic) bond motifs is 4. The van der Waals surface area contributed by atoms with Crippen molar-refractivity contribution in [1.82, 2.24) is 0 Å². The fraction of sp³-hybridized carbons (Fsp3) is 0.0588. The second-order valence-electron chi connectivity index (χ2n) is 8.91. The standard InChI is InChI=1S/C34H26O/c1-3-31(33-27-17-9-5-13-23(27)21-24-14-6-10-18-28(24)33)35-32(4-2)34-29-19-11-7-15-25(29)22-26-16-8-12-20-30(26)34/h3-22,31-32H,1-2H2. The summed E-state index contributed by atoms with van der Waals surface area (Å²) in [6.07, 6.45) is 3.20. The second-order valence-corrected chi connectivity index (χ2v) is 8.91. The summed E-state index contributed by atoms with van der Waals surface area (Å²) < 4.78 is 6.92. The Balaban J connectivity index is 1.57. The number of benzene rings is 6. The van der Waals surface area contributed by atoms with Crippen molar-refractivity contribution in [2.24, 2.45) is 0 Å². The minimum absolute atomic E-state index is 0.313. The van der Waals surface area contributed by atoms with Crippen LogP contribution in [0.1, 0.15) is 23.3 Å². The smallest absolute Gasteiger partial charge is 0.103 e. The van der Waals surface area contributed by atoms with Crippen molar-refractivity contribution in [3.05, 3.63) is 146 Å². The Morgan fingerprint density at radius 3 is 1.03 bits per heavy atom. The largest absolute Gasteiger partial charge is 0.357 e. The van der Waals surface area contributed by atoms with Crippen LogP contribution < -0.4 is 0 Å².